The SMILES string of the molecule is O=C1C(=Cc2nc3sc(-c4c(F)c(F)c(F)c(F)c4F)nc3n2-c2ccccc2)C(=O)c2cc3ccccc3cc21. The number of nitrogens with zero attached hydrogens (tertiary/aromatic N) is 3. The summed E-state index contributed by atoms with van der Waals surface area (Å²) in [5, 5.41) is 1.11. The van der Waals surface area contributed by atoms with Gasteiger partial charge < -0.3 is 0 Å². The molecule has 0 saturated carbocycles. The molecule has 0 N–H and O–H groups in total. The van der Waals surface area contributed by atoms with Crippen LogP contribution in [0.15, 0.2) is 72.3 Å². The Morgan fingerprint density at radius 1 is 0.683 bits per heavy atom. The Kier molecular flexibility index (Phi) is 5.48. The quantitative estimate of drug-likeness (QED) is 0.0725. The number of imidazole rings is 1. The van der Waals surface area contributed by atoms with Gasteiger partial charge in [-0.1, -0.05) is 53.8 Å². The molecule has 2 heterocycles. The van der Waals surface area contributed by atoms with Crippen LogP contribution < -0.4 is 0 Å². The van der Waals surface area contributed by atoms with Crippen molar-refractivity contribution < 1.29 is 31.5 Å². The minimum absolute atomic E-state index is 0.0353. The fourth-order valence-electron chi connectivity index (χ4n) is 4.88. The van der Waals surface area contributed by atoms with Crippen molar-refractivity contribution in [2.75, 3.05) is 0 Å². The zero-order valence-corrected chi connectivity index (χ0v) is 21.2. The average molecular weight is 574 g/mol. The molecule has 0 saturated heterocycles. The summed E-state index contributed by atoms with van der Waals surface area (Å²) < 4.78 is 72.0. The van der Waals surface area contributed by atoms with Gasteiger partial charge in [-0.25, -0.2) is 31.9 Å². The van der Waals surface area contributed by atoms with E-state index in [1.54, 1.807) is 42.5 Å². The molecule has 0 amide bonds. The number of rotatable bonds is 3. The molecular formula is C30H12F5N3O2S. The molecule has 4 aromatic carbocycles. The van der Waals surface area contributed by atoms with E-state index in [2.05, 4.69) is 9.97 Å². The van der Waals surface area contributed by atoms with Crippen molar-refractivity contribution in [3.63, 3.8) is 0 Å². The fourth-order valence-corrected chi connectivity index (χ4v) is 5.85. The molecule has 0 radical (unpaired) electrons. The van der Waals surface area contributed by atoms with Crippen LogP contribution in [0.1, 0.15) is 26.5 Å². The zero-order chi connectivity index (χ0) is 28.6. The number of fused-ring (bicyclic) bond motifs is 3. The van der Waals surface area contributed by atoms with Gasteiger partial charge in [-0.2, -0.15) is 0 Å². The molecule has 41 heavy (non-hydrogen) atoms. The standard InChI is InChI=1S/C30H12F5N3O2S/c31-21-20(22(32)24(34)25(35)23(21)33)29-37-28-30(41-29)36-19(38(28)15-8-2-1-3-9-15)12-18-26(39)16-10-13-6-4-5-7-14(13)11-17(16)27(18)40/h1-12H. The second-order valence-electron chi connectivity index (χ2n) is 9.19. The highest BCUT2D eigenvalue weighted by Gasteiger charge is 2.35. The van der Waals surface area contributed by atoms with E-state index >= 15 is 0 Å². The van der Waals surface area contributed by atoms with Crippen molar-refractivity contribution in [1.29, 1.82) is 0 Å². The molecule has 0 atom stereocenters. The smallest absolute Gasteiger partial charge is 0.200 e. The van der Waals surface area contributed by atoms with Crippen LogP contribution in [0.4, 0.5) is 22.0 Å². The normalized spacial score (nSPS) is 13.0. The monoisotopic (exact) mass is 573 g/mol. The Morgan fingerprint density at radius 3 is 1.80 bits per heavy atom. The maximum absolute atomic E-state index is 14.6. The molecular weight excluding hydrogens is 561 g/mol. The lowest BCUT2D eigenvalue weighted by atomic mass is 10.0. The largest absolute Gasteiger partial charge is 0.288 e. The highest BCUT2D eigenvalue weighted by molar-refractivity contribution is 7.21. The van der Waals surface area contributed by atoms with Gasteiger partial charge in [-0.05, 0) is 41.1 Å². The van der Waals surface area contributed by atoms with Crippen LogP contribution in [0.3, 0.4) is 0 Å². The van der Waals surface area contributed by atoms with Gasteiger partial charge in [-0.3, -0.25) is 14.2 Å². The van der Waals surface area contributed by atoms with E-state index in [4.69, 9.17) is 0 Å². The molecule has 200 valence electrons. The third-order valence-corrected chi connectivity index (χ3v) is 7.78. The van der Waals surface area contributed by atoms with Gasteiger partial charge in [0.2, 0.25) is 5.82 Å². The summed E-state index contributed by atoms with van der Waals surface area (Å²) in [6.45, 7) is 0. The second kappa shape index (κ2) is 9.00. The van der Waals surface area contributed by atoms with Gasteiger partial charge in [0.15, 0.2) is 45.3 Å². The van der Waals surface area contributed by atoms with E-state index in [1.165, 1.54) is 10.6 Å². The first-order chi connectivity index (χ1) is 19.7. The van der Waals surface area contributed by atoms with E-state index < -0.39 is 51.2 Å². The maximum atomic E-state index is 14.6. The van der Waals surface area contributed by atoms with E-state index in [0.717, 1.165) is 10.8 Å². The lowest BCUT2D eigenvalue weighted by Crippen LogP contribution is -2.05. The highest BCUT2D eigenvalue weighted by Crippen LogP contribution is 2.38. The molecule has 0 spiro atoms. The number of para-hydroxylation sites is 1. The summed E-state index contributed by atoms with van der Waals surface area (Å²) in [6, 6.07) is 19.1. The Balaban J connectivity index is 1.42. The number of ketones is 2. The first-order valence-corrected chi connectivity index (χ1v) is 12.9. The number of carbonyl (C=O) groups excluding carboxylic acids is 2. The summed E-state index contributed by atoms with van der Waals surface area (Å²) in [5.41, 5.74) is -0.291. The average Bonchev–Trinajstić information content (AvgIpc) is 3.60. The molecule has 2 aromatic heterocycles. The van der Waals surface area contributed by atoms with Gasteiger partial charge in [0.05, 0.1) is 11.1 Å². The number of allylic oxidation sites excluding steroid dienone is 1. The van der Waals surface area contributed by atoms with Crippen LogP contribution in [0.25, 0.3) is 43.6 Å². The predicted octanol–water partition coefficient (Wildman–Crippen LogP) is 7.46. The van der Waals surface area contributed by atoms with Crippen LogP contribution in [-0.2, 0) is 0 Å². The number of hydrogen-bond donors (Lipinski definition) is 0. The third kappa shape index (κ3) is 3.66. The van der Waals surface area contributed by atoms with Crippen LogP contribution in [0.5, 0.6) is 0 Å². The van der Waals surface area contributed by atoms with E-state index in [0.29, 0.717) is 17.0 Å². The van der Waals surface area contributed by atoms with Crippen LogP contribution in [0, 0.1) is 29.1 Å². The van der Waals surface area contributed by atoms with Gasteiger partial charge in [0.25, 0.3) is 0 Å². The first kappa shape index (κ1) is 25.0. The molecule has 5 nitrogen and oxygen atoms in total. The lowest BCUT2D eigenvalue weighted by molar-refractivity contribution is 0.0990. The minimum Gasteiger partial charge on any atom is -0.288 e. The van der Waals surface area contributed by atoms with E-state index in [9.17, 15) is 31.5 Å². The number of benzene rings is 4. The molecule has 11 heteroatoms. The lowest BCUT2D eigenvalue weighted by Gasteiger charge is -2.07. The zero-order valence-electron chi connectivity index (χ0n) is 20.4. The number of halogens is 5. The fraction of sp³-hybridized carbons (Fsp3) is 0. The van der Waals surface area contributed by atoms with Crippen molar-refractivity contribution in [2.24, 2.45) is 0 Å². The van der Waals surface area contributed by atoms with Crippen LogP contribution in [0.2, 0.25) is 0 Å². The van der Waals surface area contributed by atoms with Crippen molar-refractivity contribution in [3.05, 3.63) is 118 Å². The highest BCUT2D eigenvalue weighted by atomic mass is 32.1. The summed E-state index contributed by atoms with van der Waals surface area (Å²) in [6.07, 6.45) is 1.31. The molecule has 0 bridgehead atoms. The summed E-state index contributed by atoms with van der Waals surface area (Å²) in [5.74, 6) is -11.3. The van der Waals surface area contributed by atoms with Crippen molar-refractivity contribution in [2.45, 2.75) is 0 Å². The first-order valence-electron chi connectivity index (χ1n) is 12.0. The number of Topliss-reactive ketones (excluding diaryl/α,β-unsaturated/α-hetero) is 2. The second-order valence-corrected chi connectivity index (χ2v) is 10.2. The van der Waals surface area contributed by atoms with Gasteiger partial charge in [0, 0.05) is 16.8 Å². The summed E-state index contributed by atoms with van der Waals surface area (Å²) >= 11 is 0.602. The molecule has 6 aromatic rings. The Labute approximate surface area is 230 Å². The van der Waals surface area contributed by atoms with E-state index in [-0.39, 0.29) is 33.0 Å². The Bertz CT molecular complexity index is 2070. The maximum Gasteiger partial charge on any atom is 0.200 e. The number of carbonyl (C=O) groups is 2. The van der Waals surface area contributed by atoms with Crippen molar-refractivity contribution >= 4 is 50.2 Å². The van der Waals surface area contributed by atoms with Crippen molar-refractivity contribution in [3.8, 4) is 16.3 Å². The van der Waals surface area contributed by atoms with Gasteiger partial charge in [0.1, 0.15) is 10.8 Å². The van der Waals surface area contributed by atoms with Gasteiger partial charge >= 0.3 is 0 Å². The molecule has 1 aliphatic rings. The number of hydrogen-bond acceptors (Lipinski definition) is 5. The molecule has 0 aliphatic heterocycles. The Hall–Kier alpha value is -5.03. The van der Waals surface area contributed by atoms with Crippen molar-refractivity contribution in [1.82, 2.24) is 14.5 Å². The van der Waals surface area contributed by atoms with Crippen LogP contribution in [-0.4, -0.2) is 26.1 Å². The third-order valence-electron chi connectivity index (χ3n) is 6.82. The van der Waals surface area contributed by atoms with Crippen LogP contribution >= 0.6 is 11.3 Å². The topological polar surface area (TPSA) is 64.8 Å². The Morgan fingerprint density at radius 2 is 1.22 bits per heavy atom. The molecule has 0 fully saturated rings. The summed E-state index contributed by atoms with van der Waals surface area (Å²) in [7, 11) is 0. The summed E-state index contributed by atoms with van der Waals surface area (Å²) in [4.78, 5) is 35.4. The minimum atomic E-state index is -2.27. The van der Waals surface area contributed by atoms with Gasteiger partial charge in [-0.15, -0.1) is 0 Å². The number of thiazole rings is 1. The molecule has 1 aliphatic carbocycles. The number of aromatic nitrogens is 3. The predicted molar refractivity (Wildman–Crippen MR) is 143 cm³/mol. The molecule has 0 unspecified atom stereocenters. The molecule has 7 rings (SSSR count). The van der Waals surface area contributed by atoms with E-state index in [1.807, 2.05) is 24.3 Å².